The SMILES string of the molecule is Cc1c2ccccc2c(C)c2ccccc12.Cc1cc(C)cc(C)c1.Cc1ccc(-c2ccc(C)c3ccccc23)c2ccccc12.Cc1ccc(-c2ccc(C)cc2)cc1.Cc1ccc2c(c1)Cc1cc(C)ccc1-2.Cc1ccc2c(c1)Cc1ccc(C)cc1-2.Cc1ccc2cc3cc(C)ccc3cc2c1.Cc1cccc(-c2cccc(-c3cccc(C)c3)c2)c1.Cc1cccc(-c2cccc(C)c2)c1. The zero-order chi connectivity index (χ0) is 98.9. The van der Waals surface area contributed by atoms with Crippen LogP contribution in [0, 0.1) is 132 Å². The predicted octanol–water partition coefficient (Wildman–Crippen LogP) is 39.4. The molecule has 696 valence electrons. The fourth-order valence-electron chi connectivity index (χ4n) is 19.9. The first-order chi connectivity index (χ1) is 68.1. The Labute approximate surface area is 839 Å². The molecule has 0 fully saturated rings. The van der Waals surface area contributed by atoms with Gasteiger partial charge in [0.1, 0.15) is 0 Å². The van der Waals surface area contributed by atoms with Crippen molar-refractivity contribution >= 4 is 64.6 Å². The van der Waals surface area contributed by atoms with Crippen LogP contribution in [0.15, 0.2) is 431 Å². The summed E-state index contributed by atoms with van der Waals surface area (Å²) in [7, 11) is 0. The lowest BCUT2D eigenvalue weighted by molar-refractivity contribution is 1.24. The van der Waals surface area contributed by atoms with Gasteiger partial charge < -0.3 is 0 Å². The highest BCUT2D eigenvalue weighted by atomic mass is 14.2. The molecule has 0 aromatic heterocycles. The molecule has 0 bridgehead atoms. The van der Waals surface area contributed by atoms with Gasteiger partial charge in [0, 0.05) is 0 Å². The molecule has 0 heterocycles. The van der Waals surface area contributed by atoms with Gasteiger partial charge in [-0.25, -0.2) is 0 Å². The van der Waals surface area contributed by atoms with E-state index in [4.69, 9.17) is 0 Å². The maximum Gasteiger partial charge on any atom is -0.00133 e. The van der Waals surface area contributed by atoms with Gasteiger partial charge in [-0.1, -0.05) is 496 Å². The lowest BCUT2D eigenvalue weighted by Gasteiger charge is -2.13. The lowest BCUT2D eigenvalue weighted by atomic mass is 9.91. The van der Waals surface area contributed by atoms with E-state index in [9.17, 15) is 0 Å². The molecule has 22 aromatic rings. The summed E-state index contributed by atoms with van der Waals surface area (Å²) in [6, 6.07) is 156. The fraction of sp³-hybridized carbons (Fsp3) is 0.149. The smallest absolute Gasteiger partial charge is 0.00133 e. The Morgan fingerprint density at radius 3 is 0.716 bits per heavy atom. The van der Waals surface area contributed by atoms with Crippen molar-refractivity contribution in [3.8, 4) is 77.9 Å². The molecule has 2 aliphatic rings. The van der Waals surface area contributed by atoms with Gasteiger partial charge in [0.2, 0.25) is 0 Å². The fourth-order valence-corrected chi connectivity index (χ4v) is 19.9. The van der Waals surface area contributed by atoms with Crippen LogP contribution in [0.25, 0.3) is 143 Å². The standard InChI is InChI=1S/C22H18.C20H18.2C16H14.2C15H14.2C14H14.C9H12/c1-15-11-13-21(19-9-5-3-7-17(15)19)22-14-12-16(2)18-8-4-6-10-20(18)22;1-15-6-3-8-17(12-15)19-10-5-11-20(14-19)18-9-4-7-16(2)13-18;1-11-3-5-13-10-16-8-12(2)4-6-14(16)9-15(13)7-11;1-11-13-7-3-5-9-15(13)12(2)16-10-6-4-8-14(11)16;1-10-4-6-14-13(7-10)9-12-5-3-11(2)8-15(12)14;1-10-3-5-14-12(7-10)9-13-8-11(2)4-6-15(13)14;1-11-3-7-13(8-4-11)14-9-5-12(2)6-10-14;1-11-5-3-7-13(9-11)14-8-4-6-12(2)10-14;1-7-4-8(2)6-9(3)5-7/h3-14H,1-2H3;3-14H,1-2H3;2*3-10H,1-2H3;2*3-8H,9H2,1-2H3;2*3-10H,1-2H3;4-6H,1-3H3. The monoisotopic (exact) mass is 1830 g/mol. The summed E-state index contributed by atoms with van der Waals surface area (Å²) in [5.41, 5.74) is 49.9. The van der Waals surface area contributed by atoms with Crippen molar-refractivity contribution < 1.29 is 0 Å². The van der Waals surface area contributed by atoms with Crippen LogP contribution in [0.5, 0.6) is 0 Å². The van der Waals surface area contributed by atoms with Crippen molar-refractivity contribution in [1.82, 2.24) is 0 Å². The Hall–Kier alpha value is -15.6. The second kappa shape index (κ2) is 45.3. The first kappa shape index (κ1) is 98.4. The van der Waals surface area contributed by atoms with Crippen LogP contribution in [0.3, 0.4) is 0 Å². The van der Waals surface area contributed by atoms with Gasteiger partial charge in [0.15, 0.2) is 0 Å². The first-order valence-corrected chi connectivity index (χ1v) is 49.9. The Bertz CT molecular complexity index is 7720. The van der Waals surface area contributed by atoms with E-state index in [1.54, 1.807) is 0 Å². The third-order valence-electron chi connectivity index (χ3n) is 27.3. The average Bonchev–Trinajstić information content (AvgIpc) is 1.25. The van der Waals surface area contributed by atoms with E-state index < -0.39 is 0 Å². The normalized spacial score (nSPS) is 11.0. The Kier molecular flexibility index (Phi) is 31.7. The summed E-state index contributed by atoms with van der Waals surface area (Å²) in [5, 5.41) is 16.1. The molecule has 0 heteroatoms. The van der Waals surface area contributed by atoms with E-state index in [0.717, 1.165) is 12.8 Å². The quantitative estimate of drug-likeness (QED) is 0.151. The predicted molar refractivity (Wildman–Crippen MR) is 617 cm³/mol. The molecule has 0 atom stereocenters. The van der Waals surface area contributed by atoms with Crippen LogP contribution >= 0.6 is 0 Å². The molecular formula is C141H132. The van der Waals surface area contributed by atoms with Crippen LogP contribution < -0.4 is 0 Å². The maximum absolute atomic E-state index is 2.31. The highest BCUT2D eigenvalue weighted by Gasteiger charge is 2.21. The van der Waals surface area contributed by atoms with Gasteiger partial charge >= 0.3 is 0 Å². The number of fused-ring (bicyclic) bond motifs is 12. The van der Waals surface area contributed by atoms with Gasteiger partial charge in [0.25, 0.3) is 0 Å². The summed E-state index contributed by atoms with van der Waals surface area (Å²) in [6.45, 7) is 40.8. The lowest BCUT2D eigenvalue weighted by Crippen LogP contribution is -1.87. The van der Waals surface area contributed by atoms with Crippen molar-refractivity contribution in [2.45, 2.75) is 144 Å². The Balaban J connectivity index is 0.000000115. The van der Waals surface area contributed by atoms with Gasteiger partial charge in [-0.15, -0.1) is 0 Å². The number of benzene rings is 22. The zero-order valence-corrected chi connectivity index (χ0v) is 85.9. The maximum atomic E-state index is 2.31. The van der Waals surface area contributed by atoms with Gasteiger partial charge in [-0.3, -0.25) is 0 Å². The topological polar surface area (TPSA) is 0 Å². The molecule has 2 aliphatic carbocycles. The molecular weight excluding hydrogens is 1690 g/mol. The van der Waals surface area contributed by atoms with Gasteiger partial charge in [-0.2, -0.15) is 0 Å². The van der Waals surface area contributed by atoms with E-state index in [-0.39, 0.29) is 0 Å². The molecule has 22 aromatic carbocycles. The van der Waals surface area contributed by atoms with E-state index in [2.05, 4.69) is 562 Å². The molecule has 0 amide bonds. The summed E-state index contributed by atoms with van der Waals surface area (Å²) in [4.78, 5) is 0. The van der Waals surface area contributed by atoms with Gasteiger partial charge in [-0.05, 0) is 350 Å². The zero-order valence-electron chi connectivity index (χ0n) is 85.9. The van der Waals surface area contributed by atoms with Crippen LogP contribution in [0.4, 0.5) is 0 Å². The number of hydrogen-bond acceptors (Lipinski definition) is 0. The third kappa shape index (κ3) is 24.8. The highest BCUT2D eigenvalue weighted by molar-refractivity contribution is 6.08. The highest BCUT2D eigenvalue weighted by Crippen LogP contribution is 2.42. The van der Waals surface area contributed by atoms with Gasteiger partial charge in [0.05, 0.1) is 0 Å². The van der Waals surface area contributed by atoms with Crippen molar-refractivity contribution in [3.63, 3.8) is 0 Å². The summed E-state index contributed by atoms with van der Waals surface area (Å²) in [5.74, 6) is 0. The molecule has 0 aliphatic heterocycles. The van der Waals surface area contributed by atoms with E-state index in [1.807, 2.05) is 0 Å². The minimum Gasteiger partial charge on any atom is -0.0616 e. The molecule has 0 saturated carbocycles. The van der Waals surface area contributed by atoms with E-state index in [1.165, 1.54) is 270 Å². The molecule has 0 saturated heterocycles. The van der Waals surface area contributed by atoms with E-state index >= 15 is 0 Å². The molecule has 141 heavy (non-hydrogen) atoms. The molecule has 0 radical (unpaired) electrons. The van der Waals surface area contributed by atoms with Crippen LogP contribution in [-0.4, -0.2) is 0 Å². The molecule has 0 unspecified atom stereocenters. The van der Waals surface area contributed by atoms with Crippen molar-refractivity contribution in [2.24, 2.45) is 0 Å². The van der Waals surface area contributed by atoms with Crippen LogP contribution in [-0.2, 0) is 12.8 Å². The third-order valence-corrected chi connectivity index (χ3v) is 27.3. The summed E-state index contributed by atoms with van der Waals surface area (Å²) < 4.78 is 0. The largest absolute Gasteiger partial charge is 0.0616 e. The van der Waals surface area contributed by atoms with Crippen molar-refractivity contribution in [3.05, 3.63) is 559 Å². The minimum atomic E-state index is 1.10. The Morgan fingerprint density at radius 2 is 0.376 bits per heavy atom. The number of aryl methyl sites for hydroxylation is 19. The second-order valence-electron chi connectivity index (χ2n) is 39.3. The van der Waals surface area contributed by atoms with Crippen LogP contribution in [0.1, 0.15) is 128 Å². The number of rotatable bonds is 5. The van der Waals surface area contributed by atoms with Crippen molar-refractivity contribution in [1.29, 1.82) is 0 Å². The summed E-state index contributed by atoms with van der Waals surface area (Å²) in [6.07, 6.45) is 2.21. The van der Waals surface area contributed by atoms with Crippen molar-refractivity contribution in [2.75, 3.05) is 0 Å². The second-order valence-corrected chi connectivity index (χ2v) is 39.3. The number of hydrogen-bond donors (Lipinski definition) is 0. The summed E-state index contributed by atoms with van der Waals surface area (Å²) >= 11 is 0. The molecule has 24 rings (SSSR count). The molecule has 0 nitrogen and oxygen atoms in total. The molecule has 0 N–H and O–H groups in total. The van der Waals surface area contributed by atoms with E-state index in [0.29, 0.717) is 0 Å². The molecule has 0 spiro atoms. The average molecular weight is 1830 g/mol. The first-order valence-electron chi connectivity index (χ1n) is 49.9. The minimum absolute atomic E-state index is 1.10. The Morgan fingerprint density at radius 1 is 0.121 bits per heavy atom. The van der Waals surface area contributed by atoms with Crippen LogP contribution in [0.2, 0.25) is 0 Å².